The summed E-state index contributed by atoms with van der Waals surface area (Å²) in [5.41, 5.74) is 0.351. The minimum atomic E-state index is -0.951. The van der Waals surface area contributed by atoms with Crippen LogP contribution in [0.1, 0.15) is 6.42 Å². The summed E-state index contributed by atoms with van der Waals surface area (Å²) in [5.74, 6) is -2.26. The fourth-order valence-electron chi connectivity index (χ4n) is 2.05. The van der Waals surface area contributed by atoms with E-state index in [0.29, 0.717) is 18.7 Å². The Kier molecular flexibility index (Phi) is 4.36. The van der Waals surface area contributed by atoms with Gasteiger partial charge in [0.1, 0.15) is 5.69 Å². The van der Waals surface area contributed by atoms with Gasteiger partial charge in [0.2, 0.25) is 5.91 Å². The average Bonchev–Trinajstić information content (AvgIpc) is 3.24. The van der Waals surface area contributed by atoms with Crippen molar-refractivity contribution < 1.29 is 19.6 Å². The summed E-state index contributed by atoms with van der Waals surface area (Å²) < 4.78 is 0. The van der Waals surface area contributed by atoms with Crippen molar-refractivity contribution in [1.82, 2.24) is 5.32 Å². The minimum absolute atomic E-state index is 0.0306. The smallest absolute Gasteiger partial charge is 0.307 e. The molecule has 0 heterocycles. The monoisotopic (exact) mass is 293 g/mol. The molecule has 1 aliphatic rings. The number of carbonyl (C=O) groups is 2. The second kappa shape index (κ2) is 6.21. The Morgan fingerprint density at radius 2 is 2.00 bits per heavy atom. The van der Waals surface area contributed by atoms with E-state index in [4.69, 9.17) is 5.11 Å². The summed E-state index contributed by atoms with van der Waals surface area (Å²) in [5, 5.41) is 25.0. The lowest BCUT2D eigenvalue weighted by molar-refractivity contribution is -0.384. The van der Waals surface area contributed by atoms with Crippen molar-refractivity contribution in [3.05, 3.63) is 34.4 Å². The van der Waals surface area contributed by atoms with Crippen LogP contribution in [0.15, 0.2) is 24.3 Å². The number of hydrogen-bond donors (Lipinski definition) is 3. The van der Waals surface area contributed by atoms with E-state index in [0.717, 1.165) is 0 Å². The fraction of sp³-hybridized carbons (Fsp3) is 0.385. The predicted molar refractivity (Wildman–Crippen MR) is 73.8 cm³/mol. The van der Waals surface area contributed by atoms with Crippen LogP contribution in [0.25, 0.3) is 0 Å². The van der Waals surface area contributed by atoms with Crippen LogP contribution in [0.5, 0.6) is 0 Å². The number of nitrogens with one attached hydrogen (secondary N) is 2. The maximum absolute atomic E-state index is 11.6. The highest BCUT2D eigenvalue weighted by atomic mass is 16.6. The molecule has 112 valence electrons. The molecule has 21 heavy (non-hydrogen) atoms. The third-order valence-corrected chi connectivity index (χ3v) is 3.28. The van der Waals surface area contributed by atoms with Crippen LogP contribution in [0.4, 0.5) is 11.4 Å². The third kappa shape index (κ3) is 3.68. The Morgan fingerprint density at radius 3 is 2.62 bits per heavy atom. The van der Waals surface area contributed by atoms with Crippen molar-refractivity contribution in [1.29, 1.82) is 0 Å². The molecule has 8 nitrogen and oxygen atoms in total. The lowest BCUT2D eigenvalue weighted by atomic mass is 10.2. The van der Waals surface area contributed by atoms with Crippen molar-refractivity contribution in [2.24, 2.45) is 11.8 Å². The van der Waals surface area contributed by atoms with Crippen LogP contribution in [0, 0.1) is 22.0 Å². The number of nitrogens with zero attached hydrogens (tertiary/aromatic N) is 1. The van der Waals surface area contributed by atoms with E-state index < -0.39 is 22.7 Å². The van der Waals surface area contributed by atoms with E-state index in [1.165, 1.54) is 6.07 Å². The van der Waals surface area contributed by atoms with E-state index in [2.05, 4.69) is 10.6 Å². The quantitative estimate of drug-likeness (QED) is 0.389. The molecule has 3 N–H and O–H groups in total. The average molecular weight is 293 g/mol. The van der Waals surface area contributed by atoms with E-state index >= 15 is 0 Å². The van der Waals surface area contributed by atoms with Crippen LogP contribution >= 0.6 is 0 Å². The lowest BCUT2D eigenvalue weighted by Crippen LogP contribution is -2.31. The Morgan fingerprint density at radius 1 is 1.29 bits per heavy atom. The van der Waals surface area contributed by atoms with Crippen molar-refractivity contribution >= 4 is 23.3 Å². The Labute approximate surface area is 120 Å². The van der Waals surface area contributed by atoms with E-state index in [-0.39, 0.29) is 18.1 Å². The summed E-state index contributed by atoms with van der Waals surface area (Å²) in [4.78, 5) is 32.5. The van der Waals surface area contributed by atoms with Gasteiger partial charge in [-0.05, 0) is 12.5 Å². The molecule has 1 aromatic carbocycles. The molecule has 0 aromatic heterocycles. The van der Waals surface area contributed by atoms with Crippen molar-refractivity contribution in [2.75, 3.05) is 18.4 Å². The zero-order chi connectivity index (χ0) is 15.4. The molecule has 0 bridgehead atoms. The van der Waals surface area contributed by atoms with Crippen LogP contribution in [-0.2, 0) is 9.59 Å². The highest BCUT2D eigenvalue weighted by Crippen LogP contribution is 2.38. The van der Waals surface area contributed by atoms with E-state index in [1.807, 2.05) is 0 Å². The molecule has 2 atom stereocenters. The van der Waals surface area contributed by atoms with Gasteiger partial charge in [0, 0.05) is 19.2 Å². The fourth-order valence-corrected chi connectivity index (χ4v) is 2.05. The number of para-hydroxylation sites is 2. The number of carboxylic acids is 1. The lowest BCUT2D eigenvalue weighted by Gasteiger charge is -2.08. The van der Waals surface area contributed by atoms with Gasteiger partial charge in [-0.25, -0.2) is 0 Å². The van der Waals surface area contributed by atoms with Gasteiger partial charge in [0.05, 0.1) is 16.8 Å². The zero-order valence-corrected chi connectivity index (χ0v) is 11.1. The molecule has 1 fully saturated rings. The molecule has 2 rings (SSSR count). The number of aliphatic carboxylic acids is 1. The molecular weight excluding hydrogens is 278 g/mol. The highest BCUT2D eigenvalue weighted by Gasteiger charge is 2.48. The van der Waals surface area contributed by atoms with Gasteiger partial charge in [0.15, 0.2) is 0 Å². The molecule has 0 aliphatic heterocycles. The molecule has 0 radical (unpaired) electrons. The maximum Gasteiger partial charge on any atom is 0.307 e. The number of rotatable bonds is 7. The Hall–Kier alpha value is -2.64. The standard InChI is InChI=1S/C13H15N3O5/c17-12(8-7-9(8)13(18)19)15-6-5-14-10-3-1-2-4-11(10)16(20)21/h1-4,8-9,14H,5-7H2,(H,15,17)(H,18,19). The largest absolute Gasteiger partial charge is 0.481 e. The van der Waals surface area contributed by atoms with Gasteiger partial charge in [-0.1, -0.05) is 12.1 Å². The number of amides is 1. The number of carbonyl (C=O) groups excluding carboxylic acids is 1. The first-order valence-corrected chi connectivity index (χ1v) is 6.48. The number of nitro benzene ring substituents is 1. The molecule has 1 aliphatic carbocycles. The molecule has 1 amide bonds. The van der Waals surface area contributed by atoms with Gasteiger partial charge in [-0.15, -0.1) is 0 Å². The third-order valence-electron chi connectivity index (χ3n) is 3.28. The topological polar surface area (TPSA) is 122 Å². The number of benzene rings is 1. The second-order valence-corrected chi connectivity index (χ2v) is 4.78. The first-order chi connectivity index (χ1) is 10.0. The molecule has 2 unspecified atom stereocenters. The van der Waals surface area contributed by atoms with Gasteiger partial charge < -0.3 is 15.7 Å². The SMILES string of the molecule is O=C(O)C1CC1C(=O)NCCNc1ccccc1[N+](=O)[O-]. The predicted octanol–water partition coefficient (Wildman–Crippen LogP) is 0.844. The molecule has 1 aromatic rings. The van der Waals surface area contributed by atoms with Gasteiger partial charge >= 0.3 is 5.97 Å². The Balaban J connectivity index is 1.74. The molecule has 0 saturated heterocycles. The number of anilines is 1. The second-order valence-electron chi connectivity index (χ2n) is 4.78. The normalized spacial score (nSPS) is 19.6. The van der Waals surface area contributed by atoms with Crippen molar-refractivity contribution in [3.8, 4) is 0 Å². The van der Waals surface area contributed by atoms with Gasteiger partial charge in [-0.2, -0.15) is 0 Å². The summed E-state index contributed by atoms with van der Waals surface area (Å²) in [6.45, 7) is 0.592. The van der Waals surface area contributed by atoms with Gasteiger partial charge in [-0.3, -0.25) is 19.7 Å². The molecule has 8 heteroatoms. The van der Waals surface area contributed by atoms with Crippen LogP contribution < -0.4 is 10.6 Å². The Bertz CT molecular complexity index is 575. The maximum atomic E-state index is 11.6. The van der Waals surface area contributed by atoms with E-state index in [1.54, 1.807) is 18.2 Å². The zero-order valence-electron chi connectivity index (χ0n) is 11.1. The van der Waals surface area contributed by atoms with Crippen LogP contribution in [0.3, 0.4) is 0 Å². The number of carboxylic acid groups (broad SMARTS) is 1. The molecular formula is C13H15N3O5. The van der Waals surface area contributed by atoms with E-state index in [9.17, 15) is 19.7 Å². The van der Waals surface area contributed by atoms with Crippen molar-refractivity contribution in [3.63, 3.8) is 0 Å². The first kappa shape index (κ1) is 14.8. The number of hydrogen-bond acceptors (Lipinski definition) is 5. The summed E-state index contributed by atoms with van der Waals surface area (Å²) >= 11 is 0. The number of nitro groups is 1. The summed E-state index contributed by atoms with van der Waals surface area (Å²) in [7, 11) is 0. The molecule has 0 spiro atoms. The first-order valence-electron chi connectivity index (χ1n) is 6.48. The minimum Gasteiger partial charge on any atom is -0.481 e. The van der Waals surface area contributed by atoms with Crippen LogP contribution in [0.2, 0.25) is 0 Å². The molecule has 1 saturated carbocycles. The summed E-state index contributed by atoms with van der Waals surface area (Å²) in [6.07, 6.45) is 0.374. The van der Waals surface area contributed by atoms with Crippen LogP contribution in [-0.4, -0.2) is 35.0 Å². The van der Waals surface area contributed by atoms with Gasteiger partial charge in [0.25, 0.3) is 5.69 Å². The highest BCUT2D eigenvalue weighted by molar-refractivity contribution is 5.89. The van der Waals surface area contributed by atoms with Crippen molar-refractivity contribution in [2.45, 2.75) is 6.42 Å². The summed E-state index contributed by atoms with van der Waals surface area (Å²) in [6, 6.07) is 6.23.